The predicted molar refractivity (Wildman–Crippen MR) is 117 cm³/mol. The minimum atomic E-state index is -0.413. The molecule has 0 spiro atoms. The molecule has 31 heavy (non-hydrogen) atoms. The zero-order valence-corrected chi connectivity index (χ0v) is 18.2. The van der Waals surface area contributed by atoms with Crippen molar-refractivity contribution in [1.82, 2.24) is 0 Å². The molecule has 0 saturated heterocycles. The van der Waals surface area contributed by atoms with E-state index in [4.69, 9.17) is 14.2 Å². The second-order valence-electron chi connectivity index (χ2n) is 7.92. The first-order chi connectivity index (χ1) is 15.1. The number of carbonyl (C=O) groups is 2. The Morgan fingerprint density at radius 2 is 1.35 bits per heavy atom. The number of rotatable bonds is 7. The summed E-state index contributed by atoms with van der Waals surface area (Å²) in [5.74, 6) is -0.226. The van der Waals surface area contributed by atoms with Crippen molar-refractivity contribution in [2.45, 2.75) is 32.1 Å². The minimum Gasteiger partial charge on any atom is -0.496 e. The van der Waals surface area contributed by atoms with Gasteiger partial charge in [-0.25, -0.2) is 9.59 Å². The van der Waals surface area contributed by atoms with E-state index >= 15 is 0 Å². The van der Waals surface area contributed by atoms with Gasteiger partial charge in [0, 0.05) is 5.92 Å². The van der Waals surface area contributed by atoms with Crippen LogP contribution in [0.15, 0.2) is 65.7 Å². The van der Waals surface area contributed by atoms with E-state index in [9.17, 15) is 9.59 Å². The summed E-state index contributed by atoms with van der Waals surface area (Å²) >= 11 is 0. The fourth-order valence-electron chi connectivity index (χ4n) is 5.47. The van der Waals surface area contributed by atoms with E-state index in [0.717, 1.165) is 16.9 Å². The van der Waals surface area contributed by atoms with Crippen molar-refractivity contribution in [3.05, 3.63) is 76.9 Å². The second-order valence-corrected chi connectivity index (χ2v) is 7.92. The summed E-state index contributed by atoms with van der Waals surface area (Å²) in [5.41, 5.74) is 3.17. The fraction of sp³-hybridized carbons (Fsp3) is 0.385. The Balaban J connectivity index is 1.90. The van der Waals surface area contributed by atoms with Crippen molar-refractivity contribution in [3.63, 3.8) is 0 Å². The first kappa shape index (κ1) is 21.2. The quantitative estimate of drug-likeness (QED) is 0.611. The van der Waals surface area contributed by atoms with Crippen LogP contribution in [0, 0.1) is 11.8 Å². The van der Waals surface area contributed by atoms with Gasteiger partial charge in [-0.2, -0.15) is 0 Å². The average molecular weight is 421 g/mol. The predicted octanol–water partition coefficient (Wildman–Crippen LogP) is 4.64. The highest BCUT2D eigenvalue weighted by atomic mass is 16.5. The molecule has 4 atom stereocenters. The van der Waals surface area contributed by atoms with Gasteiger partial charge in [0.15, 0.2) is 0 Å². The summed E-state index contributed by atoms with van der Waals surface area (Å²) in [4.78, 5) is 26.0. The number of esters is 2. The van der Waals surface area contributed by atoms with Crippen molar-refractivity contribution in [3.8, 4) is 5.75 Å². The number of methoxy groups -OCH3 is 1. The Hall–Kier alpha value is -3.08. The van der Waals surface area contributed by atoms with E-state index in [1.54, 1.807) is 21.0 Å². The third-order valence-corrected chi connectivity index (χ3v) is 6.47. The Bertz CT molecular complexity index is 994. The monoisotopic (exact) mass is 420 g/mol. The van der Waals surface area contributed by atoms with Crippen LogP contribution in [0.25, 0.3) is 0 Å². The Kier molecular flexibility index (Phi) is 6.12. The number of para-hydroxylation sites is 1. The Morgan fingerprint density at radius 1 is 0.806 bits per heavy atom. The molecule has 0 N–H and O–H groups in total. The molecule has 5 nitrogen and oxygen atoms in total. The zero-order valence-electron chi connectivity index (χ0n) is 18.2. The topological polar surface area (TPSA) is 61.8 Å². The van der Waals surface area contributed by atoms with Crippen molar-refractivity contribution in [2.75, 3.05) is 20.3 Å². The van der Waals surface area contributed by atoms with Crippen molar-refractivity contribution >= 4 is 11.9 Å². The van der Waals surface area contributed by atoms with Crippen LogP contribution in [-0.2, 0) is 19.1 Å². The highest BCUT2D eigenvalue weighted by molar-refractivity contribution is 6.03. The number of hydrogen-bond acceptors (Lipinski definition) is 5. The summed E-state index contributed by atoms with van der Waals surface area (Å²) in [5, 5.41) is 0. The van der Waals surface area contributed by atoms with Crippen LogP contribution in [0.3, 0.4) is 0 Å². The van der Waals surface area contributed by atoms with Crippen LogP contribution >= 0.6 is 0 Å². The third kappa shape index (κ3) is 3.62. The number of benzene rings is 2. The maximum atomic E-state index is 13.0. The fourth-order valence-corrected chi connectivity index (χ4v) is 5.47. The average Bonchev–Trinajstić information content (AvgIpc) is 3.36. The van der Waals surface area contributed by atoms with Gasteiger partial charge >= 0.3 is 11.9 Å². The standard InChI is InChI=1S/C26H28O5/c1-4-30-25(27)23-18-15-19(24(23)26(28)31-5-2)22(17-13-9-10-14-20(17)29-3)21(18)16-11-7-6-8-12-16/h6-14,18-19,21-22H,4-5,15H2,1-3H3/t18-,19+,21+,22-/m1/s1. The number of carbonyl (C=O) groups excluding carboxylic acids is 2. The molecule has 0 radical (unpaired) electrons. The van der Waals surface area contributed by atoms with E-state index in [0.29, 0.717) is 17.6 Å². The van der Waals surface area contributed by atoms with Crippen LogP contribution in [0.1, 0.15) is 43.2 Å². The molecule has 1 fully saturated rings. The lowest BCUT2D eigenvalue weighted by Gasteiger charge is -2.34. The SMILES string of the molecule is CCOC(=O)C1=C(C(=O)OCC)[C@@H]2C[C@H]1[C@@H](c1ccccc1OC)[C@H]2c1ccccc1. The summed E-state index contributed by atoms with van der Waals surface area (Å²) in [6, 6.07) is 18.2. The molecule has 2 aliphatic rings. The van der Waals surface area contributed by atoms with Crippen LogP contribution < -0.4 is 4.74 Å². The molecular weight excluding hydrogens is 392 g/mol. The molecule has 162 valence electrons. The van der Waals surface area contributed by atoms with E-state index < -0.39 is 11.9 Å². The summed E-state index contributed by atoms with van der Waals surface area (Å²) in [6.07, 6.45) is 0.713. The lowest BCUT2D eigenvalue weighted by Crippen LogP contribution is -2.30. The van der Waals surface area contributed by atoms with Gasteiger partial charge in [-0.3, -0.25) is 0 Å². The van der Waals surface area contributed by atoms with Crippen molar-refractivity contribution in [2.24, 2.45) is 11.8 Å². The first-order valence-corrected chi connectivity index (χ1v) is 10.9. The molecular formula is C26H28O5. The summed E-state index contributed by atoms with van der Waals surface area (Å²) in [7, 11) is 1.66. The first-order valence-electron chi connectivity index (χ1n) is 10.9. The smallest absolute Gasteiger partial charge is 0.334 e. The Labute approximate surface area is 183 Å². The molecule has 2 bridgehead atoms. The molecule has 0 aromatic heterocycles. The van der Waals surface area contributed by atoms with Crippen LogP contribution in [0.4, 0.5) is 0 Å². The lowest BCUT2D eigenvalue weighted by atomic mass is 9.69. The summed E-state index contributed by atoms with van der Waals surface area (Å²) in [6.45, 7) is 4.08. The number of ether oxygens (including phenoxy) is 3. The second kappa shape index (κ2) is 8.96. The van der Waals surface area contributed by atoms with E-state index in [1.807, 2.05) is 36.4 Å². The van der Waals surface area contributed by atoms with E-state index in [1.165, 1.54) is 0 Å². The molecule has 4 rings (SSSR count). The normalized spacial score (nSPS) is 24.2. The molecule has 0 amide bonds. The van der Waals surface area contributed by atoms with Crippen molar-refractivity contribution < 1.29 is 23.8 Å². The van der Waals surface area contributed by atoms with Gasteiger partial charge in [-0.1, -0.05) is 48.5 Å². The van der Waals surface area contributed by atoms with Crippen LogP contribution in [0.2, 0.25) is 0 Å². The molecule has 2 aliphatic carbocycles. The van der Waals surface area contributed by atoms with E-state index in [2.05, 4.69) is 18.2 Å². The van der Waals surface area contributed by atoms with E-state index in [-0.39, 0.29) is 36.9 Å². The van der Waals surface area contributed by atoms with Gasteiger partial charge in [-0.05, 0) is 55.2 Å². The Morgan fingerprint density at radius 3 is 1.94 bits per heavy atom. The van der Waals surface area contributed by atoms with Crippen LogP contribution in [0.5, 0.6) is 5.75 Å². The molecule has 0 aliphatic heterocycles. The summed E-state index contributed by atoms with van der Waals surface area (Å²) < 4.78 is 16.4. The molecule has 2 aromatic carbocycles. The zero-order chi connectivity index (χ0) is 22.0. The van der Waals surface area contributed by atoms with Gasteiger partial charge in [0.1, 0.15) is 5.75 Å². The highest BCUT2D eigenvalue weighted by Crippen LogP contribution is 2.64. The molecule has 1 saturated carbocycles. The lowest BCUT2D eigenvalue weighted by molar-refractivity contribution is -0.142. The van der Waals surface area contributed by atoms with Crippen LogP contribution in [-0.4, -0.2) is 32.3 Å². The molecule has 0 unspecified atom stereocenters. The van der Waals surface area contributed by atoms with Gasteiger partial charge in [-0.15, -0.1) is 0 Å². The van der Waals surface area contributed by atoms with Gasteiger partial charge in [0.05, 0.1) is 31.5 Å². The van der Waals surface area contributed by atoms with Crippen molar-refractivity contribution in [1.29, 1.82) is 0 Å². The number of fused-ring (bicyclic) bond motifs is 2. The maximum absolute atomic E-state index is 13.0. The van der Waals surface area contributed by atoms with Gasteiger partial charge < -0.3 is 14.2 Å². The maximum Gasteiger partial charge on any atom is 0.334 e. The molecule has 2 aromatic rings. The minimum absolute atomic E-state index is 0.00105. The highest BCUT2D eigenvalue weighted by Gasteiger charge is 2.57. The largest absolute Gasteiger partial charge is 0.496 e. The molecule has 0 heterocycles. The third-order valence-electron chi connectivity index (χ3n) is 6.47. The van der Waals surface area contributed by atoms with Gasteiger partial charge in [0.25, 0.3) is 0 Å². The number of hydrogen-bond donors (Lipinski definition) is 0. The molecule has 5 heteroatoms. The van der Waals surface area contributed by atoms with Gasteiger partial charge in [0.2, 0.25) is 0 Å².